The lowest BCUT2D eigenvalue weighted by Crippen LogP contribution is -2.30. The smallest absolute Gasteiger partial charge is 0.258 e. The fourth-order valence-electron chi connectivity index (χ4n) is 1.77. The highest BCUT2D eigenvalue weighted by molar-refractivity contribution is 6.33. The topological polar surface area (TPSA) is 40.5 Å². The summed E-state index contributed by atoms with van der Waals surface area (Å²) in [5, 5.41) is 9.19. The van der Waals surface area contributed by atoms with Gasteiger partial charge in [-0.25, -0.2) is 8.78 Å². The summed E-state index contributed by atoms with van der Waals surface area (Å²) in [6.07, 6.45) is -2.71. The molecule has 2 rings (SSSR count). The summed E-state index contributed by atoms with van der Waals surface area (Å²) < 4.78 is 26.5. The van der Waals surface area contributed by atoms with Crippen molar-refractivity contribution >= 4 is 17.5 Å². The number of carbonyl (C=O) groups excluding carboxylic acids is 1. The number of halogens is 3. The van der Waals surface area contributed by atoms with E-state index in [4.69, 9.17) is 11.6 Å². The second-order valence-corrected chi connectivity index (χ2v) is 4.30. The van der Waals surface area contributed by atoms with E-state index < -0.39 is 24.0 Å². The Balaban J connectivity index is 2.27. The Labute approximate surface area is 102 Å². The van der Waals surface area contributed by atoms with Crippen molar-refractivity contribution in [2.45, 2.75) is 12.3 Å². The average molecular weight is 262 g/mol. The number of aliphatic hydroxyl groups is 1. The molecular weight excluding hydrogens is 252 g/mol. The van der Waals surface area contributed by atoms with E-state index in [0.717, 1.165) is 11.0 Å². The van der Waals surface area contributed by atoms with Crippen molar-refractivity contribution in [3.05, 3.63) is 34.6 Å². The highest BCUT2D eigenvalue weighted by Gasteiger charge is 2.35. The van der Waals surface area contributed by atoms with E-state index in [-0.39, 0.29) is 23.7 Å². The molecule has 1 fully saturated rings. The third-order valence-corrected chi connectivity index (χ3v) is 3.00. The highest BCUT2D eigenvalue weighted by atomic mass is 35.5. The number of alkyl halides is 1. The molecule has 0 spiro atoms. The van der Waals surface area contributed by atoms with E-state index in [2.05, 4.69) is 0 Å². The second kappa shape index (κ2) is 4.58. The predicted octanol–water partition coefficient (Wildman–Crippen LogP) is 1.63. The number of hydrogen-bond acceptors (Lipinski definition) is 2. The van der Waals surface area contributed by atoms with Gasteiger partial charge in [-0.1, -0.05) is 17.7 Å². The Morgan fingerprint density at radius 1 is 1.47 bits per heavy atom. The van der Waals surface area contributed by atoms with Crippen LogP contribution in [0.3, 0.4) is 0 Å². The van der Waals surface area contributed by atoms with Crippen LogP contribution in [0.5, 0.6) is 0 Å². The molecule has 1 heterocycles. The lowest BCUT2D eigenvalue weighted by molar-refractivity contribution is 0.0760. The van der Waals surface area contributed by atoms with Gasteiger partial charge in [0.05, 0.1) is 17.1 Å². The van der Waals surface area contributed by atoms with Crippen molar-refractivity contribution in [2.75, 3.05) is 13.1 Å². The van der Waals surface area contributed by atoms with Crippen LogP contribution in [0, 0.1) is 5.82 Å². The van der Waals surface area contributed by atoms with Crippen molar-refractivity contribution in [3.63, 3.8) is 0 Å². The van der Waals surface area contributed by atoms with Gasteiger partial charge in [-0.3, -0.25) is 4.79 Å². The zero-order chi connectivity index (χ0) is 12.6. The lowest BCUT2D eigenvalue weighted by atomic mass is 10.2. The van der Waals surface area contributed by atoms with Crippen LogP contribution in [0.25, 0.3) is 0 Å². The number of likely N-dealkylation sites (tertiary alicyclic amines) is 1. The average Bonchev–Trinajstić information content (AvgIpc) is 2.59. The lowest BCUT2D eigenvalue weighted by Gasteiger charge is -2.16. The van der Waals surface area contributed by atoms with Crippen LogP contribution in [0.4, 0.5) is 8.78 Å². The van der Waals surface area contributed by atoms with Gasteiger partial charge < -0.3 is 10.0 Å². The van der Waals surface area contributed by atoms with Gasteiger partial charge in [-0.15, -0.1) is 0 Å². The van der Waals surface area contributed by atoms with E-state index >= 15 is 0 Å². The van der Waals surface area contributed by atoms with Crippen LogP contribution in [0.2, 0.25) is 5.02 Å². The van der Waals surface area contributed by atoms with Crippen LogP contribution < -0.4 is 0 Å². The van der Waals surface area contributed by atoms with Crippen LogP contribution in [0.15, 0.2) is 18.2 Å². The summed E-state index contributed by atoms with van der Waals surface area (Å²) in [6, 6.07) is 3.88. The van der Waals surface area contributed by atoms with Gasteiger partial charge in [-0.05, 0) is 12.1 Å². The second-order valence-electron chi connectivity index (χ2n) is 3.89. The normalized spacial score (nSPS) is 24.1. The number of β-amino-alcohol motifs (C(OH)–C–C–N with tert-alkyl or cyclic N) is 1. The highest BCUT2D eigenvalue weighted by Crippen LogP contribution is 2.23. The fraction of sp³-hybridized carbons (Fsp3) is 0.364. The molecular formula is C11H10ClF2NO2. The molecule has 92 valence electrons. The third kappa shape index (κ3) is 2.25. The first-order valence-corrected chi connectivity index (χ1v) is 5.44. The minimum Gasteiger partial charge on any atom is -0.388 e. The molecule has 0 bridgehead atoms. The zero-order valence-corrected chi connectivity index (χ0v) is 9.49. The Bertz CT molecular complexity index is 425. The molecule has 0 unspecified atom stereocenters. The molecule has 17 heavy (non-hydrogen) atoms. The first-order valence-electron chi connectivity index (χ1n) is 5.06. The fourth-order valence-corrected chi connectivity index (χ4v) is 2.02. The maximum absolute atomic E-state index is 13.5. The zero-order valence-electron chi connectivity index (χ0n) is 8.74. The molecule has 3 nitrogen and oxygen atoms in total. The first-order chi connectivity index (χ1) is 8.00. The number of rotatable bonds is 1. The summed E-state index contributed by atoms with van der Waals surface area (Å²) in [5.41, 5.74) is -0.282. The Morgan fingerprint density at radius 2 is 2.18 bits per heavy atom. The van der Waals surface area contributed by atoms with E-state index in [9.17, 15) is 18.7 Å². The van der Waals surface area contributed by atoms with Crippen molar-refractivity contribution in [3.8, 4) is 0 Å². The molecule has 1 aromatic carbocycles. The first kappa shape index (κ1) is 12.3. The number of amides is 1. The van der Waals surface area contributed by atoms with Gasteiger partial charge >= 0.3 is 0 Å². The largest absolute Gasteiger partial charge is 0.388 e. The van der Waals surface area contributed by atoms with Crippen molar-refractivity contribution in [2.24, 2.45) is 0 Å². The van der Waals surface area contributed by atoms with E-state index in [1.54, 1.807) is 0 Å². The number of aliphatic hydroxyl groups excluding tert-OH is 1. The van der Waals surface area contributed by atoms with Crippen LogP contribution >= 0.6 is 11.6 Å². The summed E-state index contributed by atoms with van der Waals surface area (Å²) >= 11 is 5.73. The van der Waals surface area contributed by atoms with Crippen molar-refractivity contribution < 1.29 is 18.7 Å². The monoisotopic (exact) mass is 261 g/mol. The standard InChI is InChI=1S/C11H10ClF2NO2/c12-6-2-1-3-7(13)10(6)11(17)15-4-8(14)9(16)5-15/h1-3,8-9,16H,4-5H2/t8-,9-/m1/s1. The van der Waals surface area contributed by atoms with E-state index in [0.29, 0.717) is 0 Å². The number of carbonyl (C=O) groups is 1. The summed E-state index contributed by atoms with van der Waals surface area (Å²) in [5.74, 6) is -1.45. The molecule has 0 saturated carbocycles. The van der Waals surface area contributed by atoms with Gasteiger partial charge in [0.1, 0.15) is 18.1 Å². The number of nitrogens with zero attached hydrogens (tertiary/aromatic N) is 1. The Hall–Kier alpha value is -1.20. The molecule has 1 amide bonds. The van der Waals surface area contributed by atoms with Crippen LogP contribution in [-0.4, -0.2) is 41.3 Å². The maximum atomic E-state index is 13.5. The molecule has 0 radical (unpaired) electrons. The third-order valence-electron chi connectivity index (χ3n) is 2.68. The SMILES string of the molecule is O=C(c1c(F)cccc1Cl)N1C[C@@H](O)[C@H](F)C1. The van der Waals surface area contributed by atoms with Gasteiger partial charge in [0, 0.05) is 6.54 Å². The molecule has 6 heteroatoms. The van der Waals surface area contributed by atoms with Gasteiger partial charge in [0.2, 0.25) is 0 Å². The molecule has 2 atom stereocenters. The quantitative estimate of drug-likeness (QED) is 0.835. The molecule has 1 N–H and O–H groups in total. The summed E-state index contributed by atoms with van der Waals surface area (Å²) in [7, 11) is 0. The molecule has 0 aromatic heterocycles. The van der Waals surface area contributed by atoms with Crippen LogP contribution in [0.1, 0.15) is 10.4 Å². The number of benzene rings is 1. The van der Waals surface area contributed by atoms with Crippen molar-refractivity contribution in [1.82, 2.24) is 4.90 Å². The molecule has 0 aliphatic carbocycles. The van der Waals surface area contributed by atoms with Crippen molar-refractivity contribution in [1.29, 1.82) is 0 Å². The van der Waals surface area contributed by atoms with E-state index in [1.807, 2.05) is 0 Å². The number of hydrogen-bond donors (Lipinski definition) is 1. The van der Waals surface area contributed by atoms with Gasteiger partial charge in [0.15, 0.2) is 0 Å². The maximum Gasteiger partial charge on any atom is 0.258 e. The minimum atomic E-state index is -1.50. The summed E-state index contributed by atoms with van der Waals surface area (Å²) in [4.78, 5) is 13.0. The Morgan fingerprint density at radius 3 is 2.71 bits per heavy atom. The molecule has 1 aromatic rings. The molecule has 1 saturated heterocycles. The van der Waals surface area contributed by atoms with Crippen LogP contribution in [-0.2, 0) is 0 Å². The summed E-state index contributed by atoms with van der Waals surface area (Å²) in [6.45, 7) is -0.394. The Kier molecular flexibility index (Phi) is 3.31. The molecule has 1 aliphatic rings. The van der Waals surface area contributed by atoms with Gasteiger partial charge in [-0.2, -0.15) is 0 Å². The predicted molar refractivity (Wildman–Crippen MR) is 58.2 cm³/mol. The minimum absolute atomic E-state index is 0.0215. The molecule has 1 aliphatic heterocycles. The van der Waals surface area contributed by atoms with E-state index in [1.165, 1.54) is 12.1 Å². The van der Waals surface area contributed by atoms with Gasteiger partial charge in [0.25, 0.3) is 5.91 Å².